The summed E-state index contributed by atoms with van der Waals surface area (Å²) in [6.07, 6.45) is 7.70. The van der Waals surface area contributed by atoms with E-state index < -0.39 is 0 Å². The number of hydrogen-bond donors (Lipinski definition) is 0. The van der Waals surface area contributed by atoms with Gasteiger partial charge in [0.2, 0.25) is 5.52 Å². The lowest BCUT2D eigenvalue weighted by Gasteiger charge is -2.23. The molecule has 0 aliphatic heterocycles. The van der Waals surface area contributed by atoms with Crippen molar-refractivity contribution in [1.82, 2.24) is 4.40 Å². The predicted molar refractivity (Wildman–Crippen MR) is 133 cm³/mol. The normalized spacial score (nSPS) is 22.8. The molecule has 6 aromatic rings. The molecule has 2 nitrogen and oxygen atoms in total. The minimum atomic E-state index is -0.122. The SMILES string of the molecule is Cc1cc(F)c2c3ccccc3n3c4cc(C5CC6CCC5C6)cc5cc[n+](C)c(c1c23)c54. The van der Waals surface area contributed by atoms with Crippen LogP contribution in [0, 0.1) is 24.6 Å². The fourth-order valence-corrected chi connectivity index (χ4v) is 7.64. The molecule has 3 aromatic heterocycles. The van der Waals surface area contributed by atoms with Crippen LogP contribution < -0.4 is 4.57 Å². The van der Waals surface area contributed by atoms with Gasteiger partial charge in [-0.05, 0) is 78.7 Å². The second kappa shape index (κ2) is 6.02. The van der Waals surface area contributed by atoms with Crippen molar-refractivity contribution < 1.29 is 8.96 Å². The topological polar surface area (TPSA) is 8.29 Å². The van der Waals surface area contributed by atoms with Gasteiger partial charge in [-0.1, -0.05) is 30.7 Å². The second-order valence-corrected chi connectivity index (χ2v) is 10.7. The van der Waals surface area contributed by atoms with Crippen molar-refractivity contribution in [1.29, 1.82) is 0 Å². The molecule has 2 fully saturated rings. The van der Waals surface area contributed by atoms with Crippen LogP contribution in [-0.4, -0.2) is 4.40 Å². The van der Waals surface area contributed by atoms with E-state index in [-0.39, 0.29) is 5.82 Å². The Morgan fingerprint density at radius 2 is 1.82 bits per heavy atom. The third-order valence-corrected chi connectivity index (χ3v) is 8.97. The molecule has 3 heterocycles. The third kappa shape index (κ3) is 2.16. The van der Waals surface area contributed by atoms with E-state index in [0.717, 1.165) is 44.6 Å². The van der Waals surface area contributed by atoms with Gasteiger partial charge in [-0.15, -0.1) is 0 Å². The molecule has 0 spiro atoms. The molecule has 2 aliphatic carbocycles. The lowest BCUT2D eigenvalue weighted by Crippen LogP contribution is -2.29. The van der Waals surface area contributed by atoms with Gasteiger partial charge < -0.3 is 4.40 Å². The molecule has 0 amide bonds. The van der Waals surface area contributed by atoms with Crippen LogP contribution in [0.25, 0.3) is 49.0 Å². The van der Waals surface area contributed by atoms with Gasteiger partial charge in [0, 0.05) is 16.8 Å². The molecule has 3 unspecified atom stereocenters. The lowest BCUT2D eigenvalue weighted by atomic mass is 9.82. The van der Waals surface area contributed by atoms with Crippen LogP contribution in [0.4, 0.5) is 4.39 Å². The number of fused-ring (bicyclic) bond motifs is 7. The first kappa shape index (κ1) is 18.3. The van der Waals surface area contributed by atoms with Gasteiger partial charge in [0.15, 0.2) is 6.20 Å². The van der Waals surface area contributed by atoms with Crippen molar-refractivity contribution >= 4 is 49.0 Å². The average Bonchev–Trinajstić information content (AvgIpc) is 3.53. The Balaban J connectivity index is 1.65. The number of pyridine rings is 2. The molecule has 162 valence electrons. The van der Waals surface area contributed by atoms with Crippen LogP contribution in [0.2, 0.25) is 0 Å². The number of rotatable bonds is 1. The Morgan fingerprint density at radius 3 is 2.64 bits per heavy atom. The quantitative estimate of drug-likeness (QED) is 0.148. The maximum atomic E-state index is 15.5. The van der Waals surface area contributed by atoms with E-state index >= 15 is 4.39 Å². The minimum Gasteiger partial charge on any atom is -0.307 e. The standard InChI is InChI=1S/C30H26FN2/c1-16-11-23(31)28-21-5-3-4-6-24(21)33-25-15-20(22-13-17-7-8-18(22)12-17)14-19-9-10-32(2)29(27(19)25)26(16)30(28)33/h3-6,9-11,14-15,17-18,22H,7-8,12-13H2,1-2H3/q+1. The molecule has 2 saturated carbocycles. The summed E-state index contributed by atoms with van der Waals surface area (Å²) in [6, 6.07) is 17.2. The molecule has 2 bridgehead atoms. The zero-order valence-electron chi connectivity index (χ0n) is 19.0. The fraction of sp³-hybridized carbons (Fsp3) is 0.300. The van der Waals surface area contributed by atoms with Gasteiger partial charge in [0.05, 0.1) is 27.3 Å². The summed E-state index contributed by atoms with van der Waals surface area (Å²) in [7, 11) is 2.12. The molecule has 33 heavy (non-hydrogen) atoms. The maximum absolute atomic E-state index is 15.5. The van der Waals surface area contributed by atoms with Gasteiger partial charge in [-0.2, -0.15) is 0 Å². The monoisotopic (exact) mass is 433 g/mol. The lowest BCUT2D eigenvalue weighted by molar-refractivity contribution is -0.643. The van der Waals surface area contributed by atoms with Crippen molar-refractivity contribution in [3.05, 3.63) is 71.7 Å². The number of hydrogen-bond acceptors (Lipinski definition) is 0. The number of para-hydroxylation sites is 1. The Kier molecular flexibility index (Phi) is 3.33. The second-order valence-electron chi connectivity index (χ2n) is 10.7. The summed E-state index contributed by atoms with van der Waals surface area (Å²) < 4.78 is 20.1. The first-order chi connectivity index (χ1) is 16.1. The Morgan fingerprint density at radius 1 is 0.939 bits per heavy atom. The van der Waals surface area contributed by atoms with Crippen molar-refractivity contribution in [2.24, 2.45) is 18.9 Å². The number of halogens is 1. The van der Waals surface area contributed by atoms with Crippen molar-refractivity contribution in [2.75, 3.05) is 0 Å². The number of aromatic nitrogens is 2. The molecule has 2 aliphatic rings. The van der Waals surface area contributed by atoms with Crippen LogP contribution >= 0.6 is 0 Å². The summed E-state index contributed by atoms with van der Waals surface area (Å²) >= 11 is 0. The van der Waals surface area contributed by atoms with Gasteiger partial charge in [0.1, 0.15) is 12.9 Å². The predicted octanol–water partition coefficient (Wildman–Crippen LogP) is 7.17. The van der Waals surface area contributed by atoms with E-state index in [9.17, 15) is 0 Å². The first-order valence-corrected chi connectivity index (χ1v) is 12.3. The van der Waals surface area contributed by atoms with Crippen LogP contribution in [0.1, 0.15) is 42.7 Å². The first-order valence-electron chi connectivity index (χ1n) is 12.3. The molecule has 0 saturated heterocycles. The van der Waals surface area contributed by atoms with E-state index in [1.807, 2.05) is 13.0 Å². The van der Waals surface area contributed by atoms with Crippen LogP contribution in [-0.2, 0) is 7.05 Å². The molecule has 3 aromatic carbocycles. The van der Waals surface area contributed by atoms with Crippen molar-refractivity contribution in [3.63, 3.8) is 0 Å². The summed E-state index contributed by atoms with van der Waals surface area (Å²) in [6.45, 7) is 2.05. The van der Waals surface area contributed by atoms with Crippen LogP contribution in [0.5, 0.6) is 0 Å². The molecule has 0 N–H and O–H groups in total. The minimum absolute atomic E-state index is 0.122. The van der Waals surface area contributed by atoms with Gasteiger partial charge in [-0.25, -0.2) is 8.96 Å². The largest absolute Gasteiger partial charge is 0.307 e. The molecular formula is C30H26FN2+. The summed E-state index contributed by atoms with van der Waals surface area (Å²) in [5, 5.41) is 5.51. The van der Waals surface area contributed by atoms with E-state index in [1.54, 1.807) is 6.07 Å². The van der Waals surface area contributed by atoms with Gasteiger partial charge in [-0.3, -0.25) is 0 Å². The smallest absolute Gasteiger partial charge is 0.224 e. The number of benzene rings is 3. The average molecular weight is 434 g/mol. The third-order valence-electron chi connectivity index (χ3n) is 8.97. The van der Waals surface area contributed by atoms with Crippen molar-refractivity contribution in [2.45, 2.75) is 38.5 Å². The molecule has 8 rings (SSSR count). The highest BCUT2D eigenvalue weighted by Gasteiger charge is 2.40. The molecular weight excluding hydrogens is 407 g/mol. The molecule has 0 radical (unpaired) electrons. The van der Waals surface area contributed by atoms with Crippen LogP contribution in [0.3, 0.4) is 0 Å². The zero-order valence-corrected chi connectivity index (χ0v) is 19.0. The maximum Gasteiger partial charge on any atom is 0.224 e. The van der Waals surface area contributed by atoms with Crippen LogP contribution in [0.15, 0.2) is 54.7 Å². The Bertz CT molecular complexity index is 1780. The zero-order chi connectivity index (χ0) is 22.0. The van der Waals surface area contributed by atoms with E-state index in [4.69, 9.17) is 0 Å². The number of nitrogens with zero attached hydrogens (tertiary/aromatic N) is 2. The van der Waals surface area contributed by atoms with E-state index in [2.05, 4.69) is 58.6 Å². The van der Waals surface area contributed by atoms with E-state index in [0.29, 0.717) is 5.92 Å². The highest BCUT2D eigenvalue weighted by Crippen LogP contribution is 2.53. The Labute approximate surface area is 191 Å². The highest BCUT2D eigenvalue weighted by atomic mass is 19.1. The number of aryl methyl sites for hydroxylation is 2. The van der Waals surface area contributed by atoms with Gasteiger partial charge in [0.25, 0.3) is 0 Å². The summed E-state index contributed by atoms with van der Waals surface area (Å²) in [4.78, 5) is 0. The fourth-order valence-electron chi connectivity index (χ4n) is 7.64. The highest BCUT2D eigenvalue weighted by molar-refractivity contribution is 6.25. The summed E-state index contributed by atoms with van der Waals surface area (Å²) in [5.74, 6) is 2.28. The summed E-state index contributed by atoms with van der Waals surface area (Å²) in [5.41, 5.74) is 7.03. The van der Waals surface area contributed by atoms with Gasteiger partial charge >= 0.3 is 0 Å². The molecule has 3 atom stereocenters. The molecule has 3 heteroatoms. The Hall–Kier alpha value is -3.20. The van der Waals surface area contributed by atoms with Crippen molar-refractivity contribution in [3.8, 4) is 0 Å². The van der Waals surface area contributed by atoms with E-state index in [1.165, 1.54) is 53.1 Å².